The summed E-state index contributed by atoms with van der Waals surface area (Å²) in [6, 6.07) is 13.3. The Labute approximate surface area is 146 Å². The van der Waals surface area contributed by atoms with Crippen molar-refractivity contribution in [2.24, 2.45) is 0 Å². The van der Waals surface area contributed by atoms with Crippen LogP contribution in [0.5, 0.6) is 0 Å². The van der Waals surface area contributed by atoms with E-state index >= 15 is 0 Å². The molecule has 1 amide bonds. The Hall–Kier alpha value is -1.55. The number of halogens is 2. The van der Waals surface area contributed by atoms with E-state index in [-0.39, 0.29) is 18.0 Å². The van der Waals surface area contributed by atoms with Gasteiger partial charge in [0, 0.05) is 11.1 Å². The van der Waals surface area contributed by atoms with Crippen LogP contribution in [-0.2, 0) is 11.2 Å². The molecular weight excluding hydrogens is 331 g/mol. The van der Waals surface area contributed by atoms with Crippen LogP contribution < -0.4 is 10.6 Å². The van der Waals surface area contributed by atoms with Crippen molar-refractivity contribution >= 4 is 34.8 Å². The summed E-state index contributed by atoms with van der Waals surface area (Å²) >= 11 is 12.0. The fraction of sp³-hybridized carbons (Fsp3) is 0.278. The summed E-state index contributed by atoms with van der Waals surface area (Å²) in [5.74, 6) is -0.112. The van der Waals surface area contributed by atoms with E-state index in [0.717, 1.165) is 12.8 Å². The normalized spacial score (nSPS) is 17.6. The second-order valence-corrected chi connectivity index (χ2v) is 6.64. The Bertz CT molecular complexity index is 733. The lowest BCUT2D eigenvalue weighted by molar-refractivity contribution is -0.118. The molecule has 0 spiro atoms. The maximum atomic E-state index is 12.4. The number of fused-ring (bicyclic) bond motifs is 1. The zero-order valence-electron chi connectivity index (χ0n) is 12.8. The second kappa shape index (κ2) is 6.91. The van der Waals surface area contributed by atoms with Gasteiger partial charge in [-0.25, -0.2) is 0 Å². The van der Waals surface area contributed by atoms with Gasteiger partial charge in [0.1, 0.15) is 0 Å². The van der Waals surface area contributed by atoms with E-state index in [0.29, 0.717) is 15.7 Å². The van der Waals surface area contributed by atoms with Crippen molar-refractivity contribution in [2.75, 3.05) is 5.32 Å². The van der Waals surface area contributed by atoms with Crippen LogP contribution in [0.1, 0.15) is 30.5 Å². The lowest BCUT2D eigenvalue weighted by Gasteiger charge is -2.20. The van der Waals surface area contributed by atoms with E-state index in [1.54, 1.807) is 18.2 Å². The summed E-state index contributed by atoms with van der Waals surface area (Å²) in [4.78, 5) is 12.4. The zero-order chi connectivity index (χ0) is 16.4. The third-order valence-electron chi connectivity index (χ3n) is 4.17. The number of hydrogen-bond donors (Lipinski definition) is 2. The van der Waals surface area contributed by atoms with Crippen molar-refractivity contribution in [3.63, 3.8) is 0 Å². The first-order valence-electron chi connectivity index (χ1n) is 7.64. The SMILES string of the molecule is C[C@H](N[C@H]1CCc2ccccc21)C(=O)Nc1ccc(Cl)cc1Cl. The van der Waals surface area contributed by atoms with Gasteiger partial charge in [0.2, 0.25) is 5.91 Å². The van der Waals surface area contributed by atoms with Crippen LogP contribution in [0.3, 0.4) is 0 Å². The molecule has 0 aromatic heterocycles. The van der Waals surface area contributed by atoms with Gasteiger partial charge in [-0.1, -0.05) is 47.5 Å². The molecule has 0 saturated heterocycles. The number of amides is 1. The minimum atomic E-state index is -0.321. The van der Waals surface area contributed by atoms with Crippen molar-refractivity contribution in [1.82, 2.24) is 5.32 Å². The number of nitrogens with one attached hydrogen (secondary N) is 2. The highest BCUT2D eigenvalue weighted by molar-refractivity contribution is 6.36. The number of rotatable bonds is 4. The topological polar surface area (TPSA) is 41.1 Å². The molecule has 2 atom stereocenters. The van der Waals surface area contributed by atoms with E-state index in [1.165, 1.54) is 11.1 Å². The van der Waals surface area contributed by atoms with Crippen molar-refractivity contribution < 1.29 is 4.79 Å². The first kappa shape index (κ1) is 16.3. The molecule has 1 aliphatic rings. The lowest BCUT2D eigenvalue weighted by Crippen LogP contribution is -2.39. The first-order chi connectivity index (χ1) is 11.0. The molecule has 120 valence electrons. The molecule has 1 aliphatic carbocycles. The van der Waals surface area contributed by atoms with E-state index < -0.39 is 0 Å². The van der Waals surface area contributed by atoms with Crippen LogP contribution in [0, 0.1) is 0 Å². The number of aryl methyl sites for hydroxylation is 1. The van der Waals surface area contributed by atoms with Gasteiger partial charge >= 0.3 is 0 Å². The van der Waals surface area contributed by atoms with E-state index in [4.69, 9.17) is 23.2 Å². The molecular formula is C18H18Cl2N2O. The van der Waals surface area contributed by atoms with Crippen molar-refractivity contribution in [3.05, 3.63) is 63.6 Å². The predicted octanol–water partition coefficient (Wildman–Crippen LogP) is 4.60. The van der Waals surface area contributed by atoms with Crippen LogP contribution in [-0.4, -0.2) is 11.9 Å². The first-order valence-corrected chi connectivity index (χ1v) is 8.40. The number of carbonyl (C=O) groups excluding carboxylic acids is 1. The molecule has 0 radical (unpaired) electrons. The van der Waals surface area contributed by atoms with Crippen LogP contribution in [0.2, 0.25) is 10.0 Å². The van der Waals surface area contributed by atoms with Gasteiger partial charge in [0.05, 0.1) is 16.8 Å². The molecule has 23 heavy (non-hydrogen) atoms. The largest absolute Gasteiger partial charge is 0.323 e. The number of hydrogen-bond acceptors (Lipinski definition) is 2. The molecule has 3 rings (SSSR count). The maximum Gasteiger partial charge on any atom is 0.241 e. The summed E-state index contributed by atoms with van der Waals surface area (Å²) in [5, 5.41) is 7.23. The third kappa shape index (κ3) is 3.69. The van der Waals surface area contributed by atoms with E-state index in [2.05, 4.69) is 28.8 Å². The molecule has 0 unspecified atom stereocenters. The smallest absolute Gasteiger partial charge is 0.241 e. The summed E-state index contributed by atoms with van der Waals surface area (Å²) in [5.41, 5.74) is 3.22. The minimum Gasteiger partial charge on any atom is -0.323 e. The highest BCUT2D eigenvalue weighted by Gasteiger charge is 2.25. The lowest BCUT2D eigenvalue weighted by atomic mass is 10.1. The van der Waals surface area contributed by atoms with Crippen LogP contribution >= 0.6 is 23.2 Å². The fourth-order valence-corrected chi connectivity index (χ4v) is 3.40. The average Bonchev–Trinajstić information content (AvgIpc) is 2.93. The maximum absolute atomic E-state index is 12.4. The van der Waals surface area contributed by atoms with Crippen molar-refractivity contribution in [3.8, 4) is 0 Å². The van der Waals surface area contributed by atoms with Crippen LogP contribution in [0.4, 0.5) is 5.69 Å². The molecule has 3 nitrogen and oxygen atoms in total. The van der Waals surface area contributed by atoms with Gasteiger partial charge in [-0.3, -0.25) is 10.1 Å². The second-order valence-electron chi connectivity index (χ2n) is 5.79. The van der Waals surface area contributed by atoms with Crippen LogP contribution in [0.15, 0.2) is 42.5 Å². The Morgan fingerprint density at radius 3 is 2.78 bits per heavy atom. The van der Waals surface area contributed by atoms with Gasteiger partial charge in [-0.15, -0.1) is 0 Å². The standard InChI is InChI=1S/C18H18Cl2N2O/c1-11(18(23)22-17-9-7-13(19)10-15(17)20)21-16-8-6-12-4-2-3-5-14(12)16/h2-5,7,9-11,16,21H,6,8H2,1H3,(H,22,23)/t11-,16-/m0/s1. The van der Waals surface area contributed by atoms with E-state index in [1.807, 2.05) is 13.0 Å². The Morgan fingerprint density at radius 1 is 1.22 bits per heavy atom. The summed E-state index contributed by atoms with van der Waals surface area (Å²) in [6.45, 7) is 1.86. The summed E-state index contributed by atoms with van der Waals surface area (Å²) < 4.78 is 0. The quantitative estimate of drug-likeness (QED) is 0.847. The van der Waals surface area contributed by atoms with E-state index in [9.17, 15) is 4.79 Å². The molecule has 0 heterocycles. The molecule has 5 heteroatoms. The fourth-order valence-electron chi connectivity index (χ4n) is 2.94. The number of benzene rings is 2. The van der Waals surface area contributed by atoms with Crippen molar-refractivity contribution in [2.45, 2.75) is 31.8 Å². The number of carbonyl (C=O) groups is 1. The Morgan fingerprint density at radius 2 is 2.00 bits per heavy atom. The van der Waals surface area contributed by atoms with Gasteiger partial charge < -0.3 is 5.32 Å². The Balaban J connectivity index is 1.64. The molecule has 0 saturated carbocycles. The molecule has 0 bridgehead atoms. The van der Waals surface area contributed by atoms with Gasteiger partial charge in [-0.05, 0) is 49.1 Å². The molecule has 2 aromatic rings. The average molecular weight is 349 g/mol. The van der Waals surface area contributed by atoms with Crippen molar-refractivity contribution in [1.29, 1.82) is 0 Å². The zero-order valence-corrected chi connectivity index (χ0v) is 14.3. The third-order valence-corrected chi connectivity index (χ3v) is 4.71. The predicted molar refractivity (Wildman–Crippen MR) is 95.2 cm³/mol. The highest BCUT2D eigenvalue weighted by Crippen LogP contribution is 2.31. The summed E-state index contributed by atoms with van der Waals surface area (Å²) in [6.07, 6.45) is 2.06. The monoisotopic (exact) mass is 348 g/mol. The summed E-state index contributed by atoms with van der Waals surface area (Å²) in [7, 11) is 0. The van der Waals surface area contributed by atoms with Gasteiger partial charge in [0.15, 0.2) is 0 Å². The highest BCUT2D eigenvalue weighted by atomic mass is 35.5. The molecule has 2 aromatic carbocycles. The van der Waals surface area contributed by atoms with Gasteiger partial charge in [0.25, 0.3) is 0 Å². The van der Waals surface area contributed by atoms with Crippen LogP contribution in [0.25, 0.3) is 0 Å². The molecule has 0 aliphatic heterocycles. The number of anilines is 1. The Kier molecular flexibility index (Phi) is 4.90. The molecule has 2 N–H and O–H groups in total. The molecule has 0 fully saturated rings. The van der Waals surface area contributed by atoms with Gasteiger partial charge in [-0.2, -0.15) is 0 Å². The minimum absolute atomic E-state index is 0.112.